The van der Waals surface area contributed by atoms with Gasteiger partial charge in [0.05, 0.1) is 36.8 Å². The van der Waals surface area contributed by atoms with Crippen LogP contribution in [-0.4, -0.2) is 25.0 Å². The number of hydrogen-bond donors (Lipinski definition) is 0. The first-order chi connectivity index (χ1) is 14.6. The van der Waals surface area contributed by atoms with Crippen molar-refractivity contribution in [3.05, 3.63) is 71.7 Å². The second kappa shape index (κ2) is 9.61. The van der Waals surface area contributed by atoms with Gasteiger partial charge < -0.3 is 19.5 Å². The summed E-state index contributed by atoms with van der Waals surface area (Å²) in [5, 5.41) is 22.3. The van der Waals surface area contributed by atoms with Gasteiger partial charge in [-0.3, -0.25) is 0 Å². The van der Waals surface area contributed by atoms with E-state index in [1.165, 1.54) is 0 Å². The molecular weight excluding hydrogens is 382 g/mol. The molecule has 0 N–H and O–H groups in total. The average Bonchev–Trinajstić information content (AvgIpc) is 2.75. The number of nitriles is 1. The molecular formula is C23H22N3O4-. The second-order valence-electron chi connectivity index (χ2n) is 6.39. The highest BCUT2D eigenvalue weighted by Gasteiger charge is 2.35. The zero-order valence-corrected chi connectivity index (χ0v) is 16.9. The van der Waals surface area contributed by atoms with Crippen molar-refractivity contribution in [3.8, 4) is 6.07 Å². The molecule has 2 aromatic carbocycles. The Morgan fingerprint density at radius 2 is 1.77 bits per heavy atom. The maximum absolute atomic E-state index is 12.8. The molecule has 1 aliphatic heterocycles. The average molecular weight is 404 g/mol. The van der Waals surface area contributed by atoms with Crippen LogP contribution in [0.5, 0.6) is 0 Å². The Hall–Kier alpha value is -3.79. The summed E-state index contributed by atoms with van der Waals surface area (Å²) in [5.41, 5.74) is 1.82. The quantitative estimate of drug-likeness (QED) is 0.399. The molecule has 0 fully saturated rings. The summed E-state index contributed by atoms with van der Waals surface area (Å²) in [6, 6.07) is 18.3. The zero-order chi connectivity index (χ0) is 21.5. The highest BCUT2D eigenvalue weighted by atomic mass is 16.6. The minimum Gasteiger partial charge on any atom is -0.613 e. The van der Waals surface area contributed by atoms with Gasteiger partial charge in [0.2, 0.25) is 0 Å². The van der Waals surface area contributed by atoms with Gasteiger partial charge in [0.15, 0.2) is 5.84 Å². The molecule has 0 spiro atoms. The standard InChI is InChI=1S/C23H23N3O4/c1-3-29-22(27)20(23(28)30-4-2)21-25-18-13-9-8-12-17(18)19(14-15-24)26(21)16-10-6-5-7-11-16/h5-13,19,27H,3-4,14H2,1-2H3/p-1. The van der Waals surface area contributed by atoms with Gasteiger partial charge in [-0.25, -0.2) is 9.79 Å². The number of aliphatic imine (C=N–C) groups is 1. The smallest absolute Gasteiger partial charge is 0.343 e. The zero-order valence-electron chi connectivity index (χ0n) is 16.9. The van der Waals surface area contributed by atoms with E-state index in [1.54, 1.807) is 24.8 Å². The van der Waals surface area contributed by atoms with Crippen molar-refractivity contribution >= 4 is 23.2 Å². The summed E-state index contributed by atoms with van der Waals surface area (Å²) < 4.78 is 10.3. The van der Waals surface area contributed by atoms with Crippen LogP contribution in [0, 0.1) is 11.3 Å². The number of ether oxygens (including phenoxy) is 2. The van der Waals surface area contributed by atoms with E-state index >= 15 is 0 Å². The molecule has 0 aromatic heterocycles. The van der Waals surface area contributed by atoms with E-state index in [2.05, 4.69) is 11.1 Å². The Labute approximate surface area is 175 Å². The number of fused-ring (bicyclic) bond motifs is 1. The number of nitrogens with zero attached hydrogens (tertiary/aromatic N) is 3. The molecule has 7 heteroatoms. The van der Waals surface area contributed by atoms with Crippen molar-refractivity contribution in [2.75, 3.05) is 18.1 Å². The molecule has 0 saturated carbocycles. The molecule has 0 radical (unpaired) electrons. The fraction of sp³-hybridized carbons (Fsp3) is 0.261. The Balaban J connectivity index is 2.29. The summed E-state index contributed by atoms with van der Waals surface area (Å²) in [5.74, 6) is -1.52. The first kappa shape index (κ1) is 20.9. The third-order valence-corrected chi connectivity index (χ3v) is 4.56. The fourth-order valence-electron chi connectivity index (χ4n) is 3.35. The summed E-state index contributed by atoms with van der Waals surface area (Å²) in [4.78, 5) is 19.1. The number of anilines is 1. The number of para-hydroxylation sites is 2. The SMILES string of the molecule is CCOC(=O)C(C1=Nc2ccccc2C(CC#N)N1c1ccccc1)=C([O-])OCC. The van der Waals surface area contributed by atoms with Crippen molar-refractivity contribution < 1.29 is 19.4 Å². The van der Waals surface area contributed by atoms with E-state index in [4.69, 9.17) is 9.47 Å². The molecule has 2 aromatic rings. The van der Waals surface area contributed by atoms with Crippen LogP contribution < -0.4 is 10.0 Å². The topological polar surface area (TPSA) is 98.0 Å². The molecule has 30 heavy (non-hydrogen) atoms. The molecule has 0 saturated heterocycles. The first-order valence-corrected chi connectivity index (χ1v) is 9.72. The van der Waals surface area contributed by atoms with Gasteiger partial charge >= 0.3 is 5.97 Å². The number of carbonyl (C=O) groups excluding carboxylic acids is 1. The van der Waals surface area contributed by atoms with Crippen LogP contribution in [0.3, 0.4) is 0 Å². The highest BCUT2D eigenvalue weighted by molar-refractivity contribution is 6.26. The number of rotatable bonds is 7. The van der Waals surface area contributed by atoms with Crippen LogP contribution in [0.4, 0.5) is 11.4 Å². The predicted molar refractivity (Wildman–Crippen MR) is 111 cm³/mol. The van der Waals surface area contributed by atoms with Crippen molar-refractivity contribution in [2.45, 2.75) is 26.3 Å². The van der Waals surface area contributed by atoms with Crippen molar-refractivity contribution in [2.24, 2.45) is 4.99 Å². The molecule has 0 bridgehead atoms. The lowest BCUT2D eigenvalue weighted by Crippen LogP contribution is -2.42. The Morgan fingerprint density at radius 1 is 1.10 bits per heavy atom. The third kappa shape index (κ3) is 4.13. The van der Waals surface area contributed by atoms with Crippen molar-refractivity contribution in [1.29, 1.82) is 5.26 Å². The van der Waals surface area contributed by atoms with E-state index in [0.29, 0.717) is 11.4 Å². The number of hydrogen-bond acceptors (Lipinski definition) is 7. The minimum absolute atomic E-state index is 0.0958. The minimum atomic E-state index is -0.814. The van der Waals surface area contributed by atoms with E-state index in [0.717, 1.165) is 5.56 Å². The number of esters is 1. The lowest BCUT2D eigenvalue weighted by atomic mass is 9.96. The summed E-state index contributed by atoms with van der Waals surface area (Å²) in [6.45, 7) is 3.51. The van der Waals surface area contributed by atoms with Crippen LogP contribution in [0.2, 0.25) is 0 Å². The van der Waals surface area contributed by atoms with Crippen molar-refractivity contribution in [1.82, 2.24) is 0 Å². The lowest BCUT2D eigenvalue weighted by molar-refractivity contribution is -0.357. The van der Waals surface area contributed by atoms with E-state index in [9.17, 15) is 15.2 Å². The lowest BCUT2D eigenvalue weighted by Gasteiger charge is -2.38. The fourth-order valence-corrected chi connectivity index (χ4v) is 3.35. The van der Waals surface area contributed by atoms with Gasteiger partial charge in [-0.05, 0) is 31.7 Å². The number of benzene rings is 2. The van der Waals surface area contributed by atoms with Crippen LogP contribution >= 0.6 is 0 Å². The Morgan fingerprint density at radius 3 is 2.43 bits per heavy atom. The second-order valence-corrected chi connectivity index (χ2v) is 6.39. The maximum atomic E-state index is 12.8. The summed E-state index contributed by atoms with van der Waals surface area (Å²) in [6.07, 6.45) is 0.129. The van der Waals surface area contributed by atoms with Crippen LogP contribution in [0.1, 0.15) is 31.9 Å². The van der Waals surface area contributed by atoms with Gasteiger partial charge in [-0.2, -0.15) is 5.26 Å². The van der Waals surface area contributed by atoms with E-state index < -0.39 is 18.0 Å². The largest absolute Gasteiger partial charge is 0.613 e. The monoisotopic (exact) mass is 404 g/mol. The predicted octanol–water partition coefficient (Wildman–Crippen LogP) is 3.36. The molecule has 3 rings (SSSR count). The molecule has 1 atom stereocenters. The van der Waals surface area contributed by atoms with Gasteiger partial charge in [-0.1, -0.05) is 43.3 Å². The van der Waals surface area contributed by atoms with E-state index in [1.807, 2.05) is 48.5 Å². The molecule has 1 unspecified atom stereocenters. The van der Waals surface area contributed by atoms with Crippen LogP contribution in [0.15, 0.2) is 71.1 Å². The molecule has 0 amide bonds. The Bertz CT molecular complexity index is 1010. The van der Waals surface area contributed by atoms with Crippen molar-refractivity contribution in [3.63, 3.8) is 0 Å². The summed E-state index contributed by atoms with van der Waals surface area (Å²) in [7, 11) is 0. The molecule has 154 valence electrons. The van der Waals surface area contributed by atoms with Crippen LogP contribution in [0.25, 0.3) is 0 Å². The summed E-state index contributed by atoms with van der Waals surface area (Å²) >= 11 is 0. The van der Waals surface area contributed by atoms with Crippen LogP contribution in [-0.2, 0) is 14.3 Å². The van der Waals surface area contributed by atoms with Gasteiger partial charge in [0, 0.05) is 11.3 Å². The molecule has 7 nitrogen and oxygen atoms in total. The third-order valence-electron chi connectivity index (χ3n) is 4.56. The molecule has 1 heterocycles. The number of amidine groups is 1. The molecule has 0 aliphatic carbocycles. The first-order valence-electron chi connectivity index (χ1n) is 9.72. The molecule has 1 aliphatic rings. The van der Waals surface area contributed by atoms with Gasteiger partial charge in [-0.15, -0.1) is 0 Å². The van der Waals surface area contributed by atoms with E-state index in [-0.39, 0.29) is 31.0 Å². The van der Waals surface area contributed by atoms with Gasteiger partial charge in [0.1, 0.15) is 5.57 Å². The highest BCUT2D eigenvalue weighted by Crippen LogP contribution is 2.41. The normalized spacial score (nSPS) is 16.0. The number of carbonyl (C=O) groups is 1. The van der Waals surface area contributed by atoms with Gasteiger partial charge in [0.25, 0.3) is 0 Å². The Kier molecular flexibility index (Phi) is 6.71. The maximum Gasteiger partial charge on any atom is 0.343 e.